The van der Waals surface area contributed by atoms with Crippen LogP contribution in [0.15, 0.2) is 48.5 Å². The SMILES string of the molecule is C[N+](C)(Cc1ccc(OCc2ccccc2Cl)cc1)C(=O)C(N)CO. The topological polar surface area (TPSA) is 72.5 Å². The molecule has 0 saturated carbocycles. The monoisotopic (exact) mass is 363 g/mol. The summed E-state index contributed by atoms with van der Waals surface area (Å²) in [7, 11) is 3.55. The number of amides is 1. The van der Waals surface area contributed by atoms with Crippen LogP contribution in [0.3, 0.4) is 0 Å². The van der Waals surface area contributed by atoms with Crippen molar-refractivity contribution in [1.82, 2.24) is 0 Å². The van der Waals surface area contributed by atoms with Crippen molar-refractivity contribution in [2.75, 3.05) is 20.7 Å². The Kier molecular flexibility index (Phi) is 6.56. The summed E-state index contributed by atoms with van der Waals surface area (Å²) in [5.41, 5.74) is 7.55. The number of aliphatic hydroxyl groups excluding tert-OH is 1. The number of carbonyl (C=O) groups excluding carboxylic acids is 1. The second-order valence-corrected chi connectivity index (χ2v) is 6.90. The number of aliphatic hydroxyl groups is 1. The van der Waals surface area contributed by atoms with Crippen LogP contribution in [0.25, 0.3) is 0 Å². The van der Waals surface area contributed by atoms with Crippen molar-refractivity contribution in [3.05, 3.63) is 64.7 Å². The van der Waals surface area contributed by atoms with Crippen LogP contribution in [0.5, 0.6) is 5.75 Å². The average Bonchev–Trinajstić information content (AvgIpc) is 2.60. The number of ether oxygens (including phenoxy) is 1. The molecule has 25 heavy (non-hydrogen) atoms. The van der Waals surface area contributed by atoms with E-state index in [2.05, 4.69) is 0 Å². The lowest BCUT2D eigenvalue weighted by atomic mass is 10.1. The lowest BCUT2D eigenvalue weighted by Gasteiger charge is -2.28. The molecule has 1 amide bonds. The summed E-state index contributed by atoms with van der Waals surface area (Å²) < 4.78 is 5.82. The van der Waals surface area contributed by atoms with E-state index in [0.29, 0.717) is 18.2 Å². The number of rotatable bonds is 7. The molecule has 0 aliphatic heterocycles. The van der Waals surface area contributed by atoms with Crippen molar-refractivity contribution in [3.8, 4) is 5.75 Å². The van der Waals surface area contributed by atoms with Gasteiger partial charge in [0, 0.05) is 16.1 Å². The number of nitrogens with zero attached hydrogens (tertiary/aromatic N) is 1. The summed E-state index contributed by atoms with van der Waals surface area (Å²) in [6, 6.07) is 14.2. The molecule has 2 rings (SSSR count). The van der Waals surface area contributed by atoms with Gasteiger partial charge < -0.3 is 15.6 Å². The minimum atomic E-state index is -0.867. The second kappa shape index (κ2) is 8.45. The minimum Gasteiger partial charge on any atom is -0.489 e. The largest absolute Gasteiger partial charge is 0.489 e. The van der Waals surface area contributed by atoms with E-state index in [9.17, 15) is 4.79 Å². The van der Waals surface area contributed by atoms with Gasteiger partial charge in [0.1, 0.15) is 24.9 Å². The Hall–Kier alpha value is -1.92. The normalized spacial score (nSPS) is 12.7. The molecule has 1 atom stereocenters. The number of hydrogen-bond donors (Lipinski definition) is 2. The standard InChI is InChI=1S/C19H24ClN2O3/c1-22(2,19(24)18(21)12-23)11-14-7-9-16(10-8-14)25-13-15-5-3-4-6-17(15)20/h3-10,18,23H,11-13,21H2,1-2H3/q+1. The zero-order valence-electron chi connectivity index (χ0n) is 14.5. The Morgan fingerprint density at radius 3 is 2.44 bits per heavy atom. The highest BCUT2D eigenvalue weighted by atomic mass is 35.5. The minimum absolute atomic E-state index is 0.0710. The van der Waals surface area contributed by atoms with E-state index in [4.69, 9.17) is 27.2 Å². The van der Waals surface area contributed by atoms with E-state index in [1.807, 2.05) is 48.5 Å². The van der Waals surface area contributed by atoms with E-state index in [-0.39, 0.29) is 17.0 Å². The molecule has 0 heterocycles. The first kappa shape index (κ1) is 19.4. The van der Waals surface area contributed by atoms with Crippen molar-refractivity contribution in [2.24, 2.45) is 5.73 Å². The van der Waals surface area contributed by atoms with Gasteiger partial charge in [-0.25, -0.2) is 4.79 Å². The maximum Gasteiger partial charge on any atom is 0.332 e. The average molecular weight is 364 g/mol. The third-order valence-corrected chi connectivity index (χ3v) is 4.33. The third-order valence-electron chi connectivity index (χ3n) is 3.96. The van der Waals surface area contributed by atoms with Gasteiger partial charge in [-0.3, -0.25) is 4.48 Å². The van der Waals surface area contributed by atoms with Crippen LogP contribution in [0.2, 0.25) is 5.02 Å². The van der Waals surface area contributed by atoms with Gasteiger partial charge in [0.05, 0.1) is 20.7 Å². The molecule has 2 aromatic rings. The molecule has 1 unspecified atom stereocenters. The van der Waals surface area contributed by atoms with E-state index < -0.39 is 6.04 Å². The van der Waals surface area contributed by atoms with Gasteiger partial charge in [0.25, 0.3) is 0 Å². The van der Waals surface area contributed by atoms with Crippen molar-refractivity contribution in [3.63, 3.8) is 0 Å². The zero-order valence-corrected chi connectivity index (χ0v) is 15.2. The maximum absolute atomic E-state index is 12.2. The Morgan fingerprint density at radius 1 is 1.20 bits per heavy atom. The molecule has 0 saturated heterocycles. The van der Waals surface area contributed by atoms with Crippen LogP contribution in [-0.4, -0.2) is 42.2 Å². The molecule has 0 aromatic heterocycles. The number of halogens is 1. The van der Waals surface area contributed by atoms with Gasteiger partial charge in [-0.15, -0.1) is 0 Å². The number of likely N-dealkylation sites (N-methyl/N-ethyl adjacent to an activating group) is 1. The second-order valence-electron chi connectivity index (χ2n) is 6.49. The van der Waals surface area contributed by atoms with Crippen molar-refractivity contribution < 1.29 is 19.1 Å². The first-order chi connectivity index (χ1) is 11.8. The van der Waals surface area contributed by atoms with Crippen LogP contribution in [0.4, 0.5) is 0 Å². The fourth-order valence-electron chi connectivity index (χ4n) is 2.53. The molecule has 3 N–H and O–H groups in total. The molecule has 5 nitrogen and oxygen atoms in total. The zero-order chi connectivity index (χ0) is 18.4. The molecule has 0 radical (unpaired) electrons. The molecule has 6 heteroatoms. The predicted octanol–water partition coefficient (Wildman–Crippen LogP) is 2.34. The van der Waals surface area contributed by atoms with E-state index >= 15 is 0 Å². The fourth-order valence-corrected chi connectivity index (χ4v) is 2.72. The summed E-state index contributed by atoms with van der Waals surface area (Å²) in [4.78, 5) is 12.2. The Morgan fingerprint density at radius 2 is 1.84 bits per heavy atom. The maximum atomic E-state index is 12.2. The molecule has 134 valence electrons. The summed E-state index contributed by atoms with van der Waals surface area (Å²) in [6.07, 6.45) is 0. The van der Waals surface area contributed by atoms with Gasteiger partial charge in [-0.2, -0.15) is 0 Å². The number of benzene rings is 2. The van der Waals surface area contributed by atoms with E-state index in [1.165, 1.54) is 0 Å². The lowest BCUT2D eigenvalue weighted by molar-refractivity contribution is -0.828. The molecule has 0 bridgehead atoms. The highest BCUT2D eigenvalue weighted by Crippen LogP contribution is 2.20. The lowest BCUT2D eigenvalue weighted by Crippen LogP contribution is -2.54. The van der Waals surface area contributed by atoms with Crippen molar-refractivity contribution in [1.29, 1.82) is 0 Å². The summed E-state index contributed by atoms with van der Waals surface area (Å²) in [5.74, 6) is 0.522. The van der Waals surface area contributed by atoms with Gasteiger partial charge in [-0.1, -0.05) is 29.8 Å². The van der Waals surface area contributed by atoms with Crippen molar-refractivity contribution in [2.45, 2.75) is 19.2 Å². The first-order valence-electron chi connectivity index (χ1n) is 8.02. The van der Waals surface area contributed by atoms with Crippen LogP contribution < -0.4 is 10.5 Å². The Bertz CT molecular complexity index is 717. The molecular weight excluding hydrogens is 340 g/mol. The Labute approximate surface area is 153 Å². The van der Waals surface area contributed by atoms with Crippen molar-refractivity contribution >= 4 is 17.5 Å². The third kappa shape index (κ3) is 5.28. The molecule has 0 aliphatic rings. The number of quaternary nitrogens is 1. The highest BCUT2D eigenvalue weighted by molar-refractivity contribution is 6.31. The molecule has 0 fully saturated rings. The van der Waals surface area contributed by atoms with Gasteiger partial charge in [0.15, 0.2) is 0 Å². The smallest absolute Gasteiger partial charge is 0.332 e. The van der Waals surface area contributed by atoms with Crippen LogP contribution in [0.1, 0.15) is 11.1 Å². The molecule has 0 aliphatic carbocycles. The summed E-state index contributed by atoms with van der Waals surface area (Å²) in [5, 5.41) is 9.74. The van der Waals surface area contributed by atoms with E-state index in [0.717, 1.165) is 16.9 Å². The van der Waals surface area contributed by atoms with Crippen LogP contribution in [0, 0.1) is 0 Å². The van der Waals surface area contributed by atoms with Gasteiger partial charge in [-0.05, 0) is 30.3 Å². The molecular formula is C19H24ClN2O3+. The summed E-state index contributed by atoms with van der Waals surface area (Å²) in [6.45, 7) is 0.525. The molecule has 0 spiro atoms. The van der Waals surface area contributed by atoms with Crippen LogP contribution in [-0.2, 0) is 17.9 Å². The van der Waals surface area contributed by atoms with Gasteiger partial charge >= 0.3 is 5.91 Å². The molecule has 2 aromatic carbocycles. The van der Waals surface area contributed by atoms with Gasteiger partial charge in [0.2, 0.25) is 0 Å². The fraction of sp³-hybridized carbons (Fsp3) is 0.316. The number of nitrogens with two attached hydrogens (primary N) is 1. The van der Waals surface area contributed by atoms with E-state index in [1.54, 1.807) is 14.1 Å². The quantitative estimate of drug-likeness (QED) is 0.741. The highest BCUT2D eigenvalue weighted by Gasteiger charge is 2.31. The summed E-state index contributed by atoms with van der Waals surface area (Å²) >= 11 is 6.11. The van der Waals surface area contributed by atoms with Crippen LogP contribution >= 0.6 is 11.6 Å². The Balaban J connectivity index is 1.98. The number of carbonyl (C=O) groups is 1. The number of hydrogen-bond acceptors (Lipinski definition) is 4. The predicted molar refractivity (Wildman–Crippen MR) is 98.1 cm³/mol. The first-order valence-corrected chi connectivity index (χ1v) is 8.40.